The molecule has 2 aromatic rings. The molecule has 0 spiro atoms. The third-order valence-corrected chi connectivity index (χ3v) is 3.68. The summed E-state index contributed by atoms with van der Waals surface area (Å²) in [6.45, 7) is -0.247. The first-order valence-electron chi connectivity index (χ1n) is 6.00. The number of fused-ring (bicyclic) bond motifs is 1. The second kappa shape index (κ2) is 5.63. The molecule has 0 radical (unpaired) electrons. The lowest BCUT2D eigenvalue weighted by Gasteiger charge is -2.13. The summed E-state index contributed by atoms with van der Waals surface area (Å²) in [6.07, 6.45) is 0.833. The summed E-state index contributed by atoms with van der Waals surface area (Å²) in [5.74, 6) is 0. The molecule has 9 nitrogen and oxygen atoms in total. The molecule has 0 aromatic carbocycles. The second-order valence-corrected chi connectivity index (χ2v) is 5.12. The Kier molecular flexibility index (Phi) is 3.83. The van der Waals surface area contributed by atoms with Gasteiger partial charge in [-0.15, -0.1) is 0 Å². The van der Waals surface area contributed by atoms with E-state index in [1.54, 1.807) is 4.57 Å². The molecule has 0 amide bonds. The second-order valence-electron chi connectivity index (χ2n) is 4.43. The van der Waals surface area contributed by atoms with Crippen LogP contribution in [0.1, 0.15) is 12.6 Å². The van der Waals surface area contributed by atoms with Gasteiger partial charge in [0, 0.05) is 11.3 Å². The zero-order valence-electron chi connectivity index (χ0n) is 10.5. The molecule has 2 aromatic heterocycles. The molecule has 1 aliphatic rings. The smallest absolute Gasteiger partial charge is 0.225 e. The third-order valence-electron chi connectivity index (χ3n) is 3.25. The van der Waals surface area contributed by atoms with Crippen molar-refractivity contribution in [2.45, 2.75) is 24.8 Å². The molecule has 3 atom stereocenters. The summed E-state index contributed by atoms with van der Waals surface area (Å²) in [4.78, 5) is 14.8. The van der Waals surface area contributed by atoms with E-state index in [0.717, 1.165) is 0 Å². The van der Waals surface area contributed by atoms with Crippen molar-refractivity contribution in [2.75, 3.05) is 6.61 Å². The van der Waals surface area contributed by atoms with E-state index in [9.17, 15) is 5.11 Å². The Morgan fingerprint density at radius 2 is 2.33 bits per heavy atom. The maximum atomic E-state index is 9.28. The van der Waals surface area contributed by atoms with Crippen LogP contribution in [0.4, 0.5) is 0 Å². The number of imidazole rings is 1. The molecule has 1 unspecified atom stereocenters. The summed E-state index contributed by atoms with van der Waals surface area (Å²) >= 11 is 11.8. The molecule has 3 rings (SSSR count). The van der Waals surface area contributed by atoms with Gasteiger partial charge in [-0.05, 0) is 17.1 Å². The Labute approximate surface area is 128 Å². The number of aromatic nitrogens is 4. The molecule has 1 saturated heterocycles. The lowest BCUT2D eigenvalue weighted by atomic mass is 10.1. The van der Waals surface area contributed by atoms with E-state index in [1.807, 2.05) is 0 Å². The lowest BCUT2D eigenvalue weighted by Crippen LogP contribution is -2.22. The molecule has 21 heavy (non-hydrogen) atoms. The number of aliphatic hydroxyl groups excluding tert-OH is 1. The predicted molar refractivity (Wildman–Crippen MR) is 73.9 cm³/mol. The third kappa shape index (κ3) is 2.50. The number of ether oxygens (including phenoxy) is 1. The van der Waals surface area contributed by atoms with Crippen LogP contribution >= 0.6 is 23.2 Å². The highest BCUT2D eigenvalue weighted by atomic mass is 35.5. The van der Waals surface area contributed by atoms with Crippen LogP contribution in [-0.2, 0) is 4.74 Å². The molecule has 11 heteroatoms. The summed E-state index contributed by atoms with van der Waals surface area (Å²) in [6, 6.07) is -0.463. The van der Waals surface area contributed by atoms with Gasteiger partial charge in [0.05, 0.1) is 25.1 Å². The van der Waals surface area contributed by atoms with Crippen LogP contribution in [0.2, 0.25) is 10.4 Å². The average Bonchev–Trinajstić information content (AvgIpc) is 3.02. The SMILES string of the molecule is [N-]=[N+]=NC1C[C@@H](n2cnc3c(Cl)nc(Cl)nc32)O[C@H]1CO. The number of aliphatic hydroxyl groups is 1. The molecule has 0 bridgehead atoms. The van der Waals surface area contributed by atoms with Gasteiger partial charge >= 0.3 is 0 Å². The van der Waals surface area contributed by atoms with Crippen molar-refractivity contribution in [1.82, 2.24) is 19.5 Å². The fourth-order valence-electron chi connectivity index (χ4n) is 2.31. The Balaban J connectivity index is 2.00. The van der Waals surface area contributed by atoms with Gasteiger partial charge in [0.25, 0.3) is 0 Å². The van der Waals surface area contributed by atoms with Crippen molar-refractivity contribution >= 4 is 34.4 Å². The minimum atomic E-state index is -0.573. The van der Waals surface area contributed by atoms with Crippen molar-refractivity contribution in [1.29, 1.82) is 0 Å². The van der Waals surface area contributed by atoms with Gasteiger partial charge in [-0.2, -0.15) is 4.98 Å². The van der Waals surface area contributed by atoms with E-state index in [2.05, 4.69) is 25.0 Å². The number of nitrogens with zero attached hydrogens (tertiary/aromatic N) is 7. The van der Waals surface area contributed by atoms with Gasteiger partial charge in [0.1, 0.15) is 11.7 Å². The molecular weight excluding hydrogens is 321 g/mol. The van der Waals surface area contributed by atoms with Gasteiger partial charge < -0.3 is 9.84 Å². The fraction of sp³-hybridized carbons (Fsp3) is 0.500. The fourth-order valence-corrected chi connectivity index (χ4v) is 2.73. The Morgan fingerprint density at radius 1 is 1.52 bits per heavy atom. The van der Waals surface area contributed by atoms with Gasteiger partial charge in [-0.3, -0.25) is 4.57 Å². The predicted octanol–water partition coefficient (Wildman–Crippen LogP) is 2.09. The topological polar surface area (TPSA) is 122 Å². The average molecular weight is 330 g/mol. The van der Waals surface area contributed by atoms with E-state index in [-0.39, 0.29) is 17.0 Å². The van der Waals surface area contributed by atoms with E-state index in [0.29, 0.717) is 17.6 Å². The zero-order valence-corrected chi connectivity index (χ0v) is 12.0. The van der Waals surface area contributed by atoms with Crippen molar-refractivity contribution in [3.8, 4) is 0 Å². The highest BCUT2D eigenvalue weighted by Crippen LogP contribution is 2.33. The van der Waals surface area contributed by atoms with Crippen molar-refractivity contribution in [3.63, 3.8) is 0 Å². The Bertz CT molecular complexity index is 730. The molecule has 3 heterocycles. The van der Waals surface area contributed by atoms with Crippen LogP contribution in [0.3, 0.4) is 0 Å². The summed E-state index contributed by atoms with van der Waals surface area (Å²) in [5, 5.41) is 13.1. The molecule has 0 saturated carbocycles. The number of halogens is 2. The number of rotatable bonds is 3. The maximum Gasteiger partial charge on any atom is 0.225 e. The van der Waals surface area contributed by atoms with E-state index >= 15 is 0 Å². The van der Waals surface area contributed by atoms with Gasteiger partial charge in [-0.25, -0.2) is 9.97 Å². The number of hydrogen-bond donors (Lipinski definition) is 1. The molecule has 0 aliphatic carbocycles. The normalized spacial score (nSPS) is 25.2. The highest BCUT2D eigenvalue weighted by Gasteiger charge is 2.36. The quantitative estimate of drug-likeness (QED) is 0.303. The highest BCUT2D eigenvalue weighted by molar-refractivity contribution is 6.35. The van der Waals surface area contributed by atoms with Gasteiger partial charge in [-0.1, -0.05) is 16.7 Å². The van der Waals surface area contributed by atoms with E-state index in [1.165, 1.54) is 6.33 Å². The summed E-state index contributed by atoms with van der Waals surface area (Å²) < 4.78 is 7.30. The van der Waals surface area contributed by atoms with Crippen LogP contribution in [-0.4, -0.2) is 43.4 Å². The minimum Gasteiger partial charge on any atom is -0.394 e. The maximum absolute atomic E-state index is 9.28. The Hall–Kier alpha value is -1.64. The standard InChI is InChI=1S/C10H9Cl2N7O2/c11-8-7-9(16-10(12)15-8)19(3-14-7)6-1-4(17-18-13)5(2-20)21-6/h3-6,20H,1-2H2/t4?,5-,6-/m0/s1. The van der Waals surface area contributed by atoms with Crippen LogP contribution in [0, 0.1) is 0 Å². The van der Waals surface area contributed by atoms with Crippen molar-refractivity contribution < 1.29 is 9.84 Å². The molecule has 1 aliphatic heterocycles. The number of azide groups is 1. The molecule has 1 N–H and O–H groups in total. The minimum absolute atomic E-state index is 0.00227. The monoisotopic (exact) mass is 329 g/mol. The Morgan fingerprint density at radius 3 is 3.05 bits per heavy atom. The zero-order chi connectivity index (χ0) is 15.0. The summed E-state index contributed by atoms with van der Waals surface area (Å²) in [7, 11) is 0. The first kappa shape index (κ1) is 14.3. The number of hydrogen-bond acceptors (Lipinski definition) is 6. The first-order chi connectivity index (χ1) is 10.1. The first-order valence-corrected chi connectivity index (χ1v) is 6.75. The lowest BCUT2D eigenvalue weighted by molar-refractivity contribution is -0.0233. The molecule has 110 valence electrons. The molecule has 1 fully saturated rings. The van der Waals surface area contributed by atoms with Crippen LogP contribution in [0.5, 0.6) is 0 Å². The summed E-state index contributed by atoms with van der Waals surface area (Å²) in [5.41, 5.74) is 9.37. The largest absolute Gasteiger partial charge is 0.394 e. The van der Waals surface area contributed by atoms with Crippen LogP contribution in [0.25, 0.3) is 21.6 Å². The molecular formula is C10H9Cl2N7O2. The van der Waals surface area contributed by atoms with Crippen molar-refractivity contribution in [3.05, 3.63) is 27.2 Å². The van der Waals surface area contributed by atoms with Gasteiger partial charge in [0.2, 0.25) is 5.28 Å². The van der Waals surface area contributed by atoms with Crippen molar-refractivity contribution in [2.24, 2.45) is 5.11 Å². The van der Waals surface area contributed by atoms with E-state index < -0.39 is 18.4 Å². The van der Waals surface area contributed by atoms with Crippen LogP contribution in [0.15, 0.2) is 11.4 Å². The van der Waals surface area contributed by atoms with Gasteiger partial charge in [0.15, 0.2) is 10.8 Å². The van der Waals surface area contributed by atoms with E-state index in [4.69, 9.17) is 33.5 Å². The van der Waals surface area contributed by atoms with Crippen LogP contribution < -0.4 is 0 Å².